The van der Waals surface area contributed by atoms with Crippen molar-refractivity contribution < 1.29 is 23.8 Å². The summed E-state index contributed by atoms with van der Waals surface area (Å²) in [6, 6.07) is 7.21. The molecule has 0 radical (unpaired) electrons. The quantitative estimate of drug-likeness (QED) is 0.857. The van der Waals surface area contributed by atoms with Gasteiger partial charge in [-0.1, -0.05) is 0 Å². The maximum absolute atomic E-state index is 12.0. The van der Waals surface area contributed by atoms with Gasteiger partial charge in [0.2, 0.25) is 0 Å². The van der Waals surface area contributed by atoms with Crippen molar-refractivity contribution in [2.45, 2.75) is 25.8 Å². The summed E-state index contributed by atoms with van der Waals surface area (Å²) in [6.07, 6.45) is 1.10. The molecule has 1 aliphatic rings. The Hall–Kier alpha value is -2.44. The Balaban J connectivity index is 1.69. The summed E-state index contributed by atoms with van der Waals surface area (Å²) in [5.74, 6) is 1.22. The van der Waals surface area contributed by atoms with E-state index < -0.39 is 0 Å². The molecule has 2 rings (SSSR count). The van der Waals surface area contributed by atoms with Gasteiger partial charge in [-0.25, -0.2) is 4.79 Å². The Morgan fingerprint density at radius 2 is 1.71 bits per heavy atom. The van der Waals surface area contributed by atoms with E-state index in [4.69, 9.17) is 9.47 Å². The van der Waals surface area contributed by atoms with Crippen molar-refractivity contribution in [1.29, 1.82) is 0 Å². The molecule has 0 spiro atoms. The maximum Gasteiger partial charge on any atom is 0.409 e. The molecule has 2 amide bonds. The lowest BCUT2D eigenvalue weighted by Gasteiger charge is -2.31. The SMILES string of the molecule is CCOc1ccc(OCC(=O)NC2CCN(C(=O)OC)CC2)cc1. The Morgan fingerprint density at radius 3 is 2.25 bits per heavy atom. The number of hydrogen-bond acceptors (Lipinski definition) is 5. The van der Waals surface area contributed by atoms with Crippen LogP contribution in [0.5, 0.6) is 11.5 Å². The number of nitrogens with one attached hydrogen (secondary N) is 1. The van der Waals surface area contributed by atoms with E-state index in [-0.39, 0.29) is 24.6 Å². The first-order valence-electron chi connectivity index (χ1n) is 8.10. The average Bonchev–Trinajstić information content (AvgIpc) is 2.61. The van der Waals surface area contributed by atoms with Crippen LogP contribution >= 0.6 is 0 Å². The van der Waals surface area contributed by atoms with E-state index in [0.717, 1.165) is 5.75 Å². The van der Waals surface area contributed by atoms with E-state index >= 15 is 0 Å². The van der Waals surface area contributed by atoms with E-state index in [0.29, 0.717) is 38.3 Å². The standard InChI is InChI=1S/C17H24N2O5/c1-3-23-14-4-6-15(7-5-14)24-12-16(20)18-13-8-10-19(11-9-13)17(21)22-2/h4-7,13H,3,8-12H2,1-2H3,(H,18,20). The molecule has 0 bridgehead atoms. The summed E-state index contributed by atoms with van der Waals surface area (Å²) in [4.78, 5) is 25.0. The van der Waals surface area contributed by atoms with Crippen LogP contribution in [0.3, 0.4) is 0 Å². The molecule has 1 heterocycles. The molecule has 7 nitrogen and oxygen atoms in total. The predicted octanol–water partition coefficient (Wildman–Crippen LogP) is 1.81. The van der Waals surface area contributed by atoms with Crippen molar-refractivity contribution in [3.05, 3.63) is 24.3 Å². The monoisotopic (exact) mass is 336 g/mol. The second-order valence-electron chi connectivity index (χ2n) is 5.49. The fraction of sp³-hybridized carbons (Fsp3) is 0.529. The van der Waals surface area contributed by atoms with Crippen molar-refractivity contribution in [2.75, 3.05) is 33.4 Å². The van der Waals surface area contributed by atoms with E-state index in [2.05, 4.69) is 10.1 Å². The van der Waals surface area contributed by atoms with E-state index in [1.165, 1.54) is 7.11 Å². The van der Waals surface area contributed by atoms with Crippen LogP contribution in [0.1, 0.15) is 19.8 Å². The molecular formula is C17H24N2O5. The number of amides is 2. The summed E-state index contributed by atoms with van der Waals surface area (Å²) in [5.41, 5.74) is 0. The summed E-state index contributed by atoms with van der Waals surface area (Å²) >= 11 is 0. The number of carbonyl (C=O) groups is 2. The van der Waals surface area contributed by atoms with Gasteiger partial charge in [0, 0.05) is 19.1 Å². The van der Waals surface area contributed by atoms with Crippen molar-refractivity contribution in [2.24, 2.45) is 0 Å². The molecule has 0 atom stereocenters. The van der Waals surface area contributed by atoms with Crippen LogP contribution in [0.25, 0.3) is 0 Å². The number of hydrogen-bond donors (Lipinski definition) is 1. The molecule has 132 valence electrons. The van der Waals surface area contributed by atoms with E-state index in [1.54, 1.807) is 29.2 Å². The normalized spacial score (nSPS) is 14.8. The maximum atomic E-state index is 12.0. The third-order valence-electron chi connectivity index (χ3n) is 3.80. The van der Waals surface area contributed by atoms with Gasteiger partial charge in [0.15, 0.2) is 6.61 Å². The van der Waals surface area contributed by atoms with Crippen LogP contribution in [-0.4, -0.2) is 56.4 Å². The van der Waals surface area contributed by atoms with Gasteiger partial charge in [0.1, 0.15) is 11.5 Å². The lowest BCUT2D eigenvalue weighted by molar-refractivity contribution is -0.124. The molecular weight excluding hydrogens is 312 g/mol. The van der Waals surface area contributed by atoms with Crippen LogP contribution in [-0.2, 0) is 9.53 Å². The highest BCUT2D eigenvalue weighted by molar-refractivity contribution is 5.78. The molecule has 1 aromatic carbocycles. The molecule has 0 aliphatic carbocycles. The van der Waals surface area contributed by atoms with E-state index in [1.807, 2.05) is 6.92 Å². The predicted molar refractivity (Wildman–Crippen MR) is 88.2 cm³/mol. The lowest BCUT2D eigenvalue weighted by atomic mass is 10.1. The minimum atomic E-state index is -0.321. The molecule has 0 unspecified atom stereocenters. The zero-order chi connectivity index (χ0) is 17.4. The summed E-state index contributed by atoms with van der Waals surface area (Å²) in [5, 5.41) is 2.93. The number of piperidine rings is 1. The van der Waals surface area contributed by atoms with Crippen molar-refractivity contribution in [3.8, 4) is 11.5 Å². The lowest BCUT2D eigenvalue weighted by Crippen LogP contribution is -2.47. The number of benzene rings is 1. The van der Waals surface area contributed by atoms with Gasteiger partial charge in [-0.05, 0) is 44.0 Å². The number of ether oxygens (including phenoxy) is 3. The second-order valence-corrected chi connectivity index (χ2v) is 5.49. The molecule has 1 aromatic rings. The number of rotatable bonds is 6. The third kappa shape index (κ3) is 5.33. The number of carbonyl (C=O) groups excluding carboxylic acids is 2. The van der Waals surface area contributed by atoms with Gasteiger partial charge >= 0.3 is 6.09 Å². The van der Waals surface area contributed by atoms with Gasteiger partial charge in [0.25, 0.3) is 5.91 Å². The minimum absolute atomic E-state index is 0.0365. The van der Waals surface area contributed by atoms with Crippen LogP contribution < -0.4 is 14.8 Å². The topological polar surface area (TPSA) is 77.1 Å². The van der Waals surface area contributed by atoms with Crippen molar-refractivity contribution in [3.63, 3.8) is 0 Å². The summed E-state index contributed by atoms with van der Waals surface area (Å²) < 4.78 is 15.5. The zero-order valence-electron chi connectivity index (χ0n) is 14.1. The zero-order valence-corrected chi connectivity index (χ0v) is 14.1. The van der Waals surface area contributed by atoms with Gasteiger partial charge in [0.05, 0.1) is 13.7 Å². The van der Waals surface area contributed by atoms with Gasteiger partial charge < -0.3 is 24.4 Å². The average molecular weight is 336 g/mol. The Kier molecular flexibility index (Phi) is 6.72. The van der Waals surface area contributed by atoms with Crippen LogP contribution in [0.15, 0.2) is 24.3 Å². The highest BCUT2D eigenvalue weighted by Gasteiger charge is 2.24. The van der Waals surface area contributed by atoms with Crippen molar-refractivity contribution >= 4 is 12.0 Å². The van der Waals surface area contributed by atoms with Crippen LogP contribution in [0.4, 0.5) is 4.79 Å². The Bertz CT molecular complexity index is 538. The Labute approximate surface area is 141 Å². The fourth-order valence-electron chi connectivity index (χ4n) is 2.55. The molecule has 0 saturated carbocycles. The summed E-state index contributed by atoms with van der Waals surface area (Å²) in [7, 11) is 1.37. The Morgan fingerprint density at radius 1 is 1.12 bits per heavy atom. The van der Waals surface area contributed by atoms with Gasteiger partial charge in [-0.2, -0.15) is 0 Å². The molecule has 0 aromatic heterocycles. The van der Waals surface area contributed by atoms with Gasteiger partial charge in [-0.15, -0.1) is 0 Å². The first-order chi connectivity index (χ1) is 11.6. The van der Waals surface area contributed by atoms with Crippen LogP contribution in [0.2, 0.25) is 0 Å². The smallest absolute Gasteiger partial charge is 0.409 e. The number of methoxy groups -OCH3 is 1. The first kappa shape index (κ1) is 17.9. The summed E-state index contributed by atoms with van der Waals surface area (Å²) in [6.45, 7) is 3.65. The molecule has 1 aliphatic heterocycles. The van der Waals surface area contributed by atoms with E-state index in [9.17, 15) is 9.59 Å². The van der Waals surface area contributed by atoms with Gasteiger partial charge in [-0.3, -0.25) is 4.79 Å². The largest absolute Gasteiger partial charge is 0.494 e. The first-order valence-corrected chi connectivity index (χ1v) is 8.10. The highest BCUT2D eigenvalue weighted by Crippen LogP contribution is 2.17. The number of likely N-dealkylation sites (tertiary alicyclic amines) is 1. The molecule has 1 N–H and O–H groups in total. The second kappa shape index (κ2) is 9.00. The van der Waals surface area contributed by atoms with Crippen LogP contribution in [0, 0.1) is 0 Å². The fourth-order valence-corrected chi connectivity index (χ4v) is 2.55. The molecule has 24 heavy (non-hydrogen) atoms. The molecule has 7 heteroatoms. The van der Waals surface area contributed by atoms with Crippen molar-refractivity contribution in [1.82, 2.24) is 10.2 Å². The molecule has 1 fully saturated rings. The third-order valence-corrected chi connectivity index (χ3v) is 3.80. The number of nitrogens with zero attached hydrogens (tertiary/aromatic N) is 1. The minimum Gasteiger partial charge on any atom is -0.494 e. The molecule has 1 saturated heterocycles. The highest BCUT2D eigenvalue weighted by atomic mass is 16.5.